The van der Waals surface area contributed by atoms with E-state index in [9.17, 15) is 14.9 Å². The molecule has 1 N–H and O–H groups in total. The predicted molar refractivity (Wildman–Crippen MR) is 76.0 cm³/mol. The van der Waals surface area contributed by atoms with Gasteiger partial charge in [-0.3, -0.25) is 19.9 Å². The first-order valence-electron chi connectivity index (χ1n) is 5.97. The van der Waals surface area contributed by atoms with Crippen LogP contribution in [-0.4, -0.2) is 20.8 Å². The molecule has 0 aliphatic rings. The molecule has 0 atom stereocenters. The summed E-state index contributed by atoms with van der Waals surface area (Å²) in [5.74, 6) is -0.448. The lowest BCUT2D eigenvalue weighted by Gasteiger charge is -2.08. The summed E-state index contributed by atoms with van der Waals surface area (Å²) in [6.45, 7) is 1.79. The second kappa shape index (κ2) is 6.27. The number of nitro benzene ring substituents is 1. The van der Waals surface area contributed by atoms with Gasteiger partial charge in [-0.15, -0.1) is 0 Å². The maximum absolute atomic E-state index is 11.9. The molecule has 21 heavy (non-hydrogen) atoms. The normalized spacial score (nSPS) is 10.2. The number of nitrogens with one attached hydrogen (secondary N) is 1. The minimum atomic E-state index is -0.455. The molecule has 0 spiro atoms. The monoisotopic (exact) mass is 306 g/mol. The Hall–Kier alpha value is -2.54. The zero-order chi connectivity index (χ0) is 15.4. The van der Waals surface area contributed by atoms with E-state index in [4.69, 9.17) is 11.6 Å². The Kier molecular flexibility index (Phi) is 4.44. The summed E-state index contributed by atoms with van der Waals surface area (Å²) in [7, 11) is 0. The molecular weight excluding hydrogens is 296 g/mol. The fourth-order valence-electron chi connectivity index (χ4n) is 1.78. The van der Waals surface area contributed by atoms with Gasteiger partial charge >= 0.3 is 0 Å². The maximum Gasteiger partial charge on any atom is 0.272 e. The van der Waals surface area contributed by atoms with Crippen LogP contribution in [0.15, 0.2) is 30.6 Å². The highest BCUT2D eigenvalue weighted by Gasteiger charge is 2.14. The van der Waals surface area contributed by atoms with E-state index in [1.165, 1.54) is 18.5 Å². The lowest BCUT2D eigenvalue weighted by molar-refractivity contribution is -0.385. The first kappa shape index (κ1) is 14.9. The van der Waals surface area contributed by atoms with Crippen LogP contribution in [0.25, 0.3) is 0 Å². The summed E-state index contributed by atoms with van der Waals surface area (Å²) in [5.41, 5.74) is 1.28. The molecule has 0 aliphatic heterocycles. The van der Waals surface area contributed by atoms with E-state index in [0.29, 0.717) is 11.1 Å². The third-order valence-corrected chi connectivity index (χ3v) is 3.07. The van der Waals surface area contributed by atoms with Crippen LogP contribution < -0.4 is 5.32 Å². The van der Waals surface area contributed by atoms with Gasteiger partial charge in [0, 0.05) is 18.2 Å². The molecule has 0 radical (unpaired) electrons. The molecule has 0 fully saturated rings. The van der Waals surface area contributed by atoms with Gasteiger partial charge in [-0.25, -0.2) is 4.98 Å². The van der Waals surface area contributed by atoms with Crippen molar-refractivity contribution in [1.29, 1.82) is 0 Å². The highest BCUT2D eigenvalue weighted by molar-refractivity contribution is 6.29. The zero-order valence-electron chi connectivity index (χ0n) is 11.0. The lowest BCUT2D eigenvalue weighted by Crippen LogP contribution is -2.24. The summed E-state index contributed by atoms with van der Waals surface area (Å²) in [6.07, 6.45) is 2.62. The molecule has 2 rings (SSSR count). The van der Waals surface area contributed by atoms with Crippen molar-refractivity contribution in [1.82, 2.24) is 15.3 Å². The van der Waals surface area contributed by atoms with Crippen LogP contribution in [-0.2, 0) is 6.54 Å². The van der Waals surface area contributed by atoms with Crippen LogP contribution in [0, 0.1) is 17.0 Å². The minimum absolute atomic E-state index is 0.0179. The molecular formula is C13H11ClN4O3. The van der Waals surface area contributed by atoms with Crippen molar-refractivity contribution < 1.29 is 9.72 Å². The molecule has 2 aromatic rings. The number of nitro groups is 1. The molecule has 0 bridgehead atoms. The van der Waals surface area contributed by atoms with E-state index in [0.717, 1.165) is 0 Å². The molecule has 1 amide bonds. The minimum Gasteiger partial charge on any atom is -0.347 e. The van der Waals surface area contributed by atoms with Crippen molar-refractivity contribution in [2.45, 2.75) is 13.5 Å². The number of nitrogens with zero attached hydrogens (tertiary/aromatic N) is 3. The summed E-state index contributed by atoms with van der Waals surface area (Å²) in [4.78, 5) is 29.9. The van der Waals surface area contributed by atoms with Crippen molar-refractivity contribution in [3.63, 3.8) is 0 Å². The van der Waals surface area contributed by atoms with Gasteiger partial charge in [0.1, 0.15) is 10.8 Å². The number of carbonyl (C=O) groups is 1. The van der Waals surface area contributed by atoms with Gasteiger partial charge in [0.25, 0.3) is 11.6 Å². The molecule has 0 aliphatic carbocycles. The number of carbonyl (C=O) groups excluding carboxylic acids is 1. The number of benzene rings is 1. The van der Waals surface area contributed by atoms with Crippen molar-refractivity contribution in [3.05, 3.63) is 62.7 Å². The largest absolute Gasteiger partial charge is 0.347 e. The van der Waals surface area contributed by atoms with Crippen molar-refractivity contribution in [2.75, 3.05) is 0 Å². The van der Waals surface area contributed by atoms with E-state index >= 15 is 0 Å². The second-order valence-electron chi connectivity index (χ2n) is 4.23. The quantitative estimate of drug-likeness (QED) is 0.690. The van der Waals surface area contributed by atoms with Crippen LogP contribution in [0.2, 0.25) is 5.15 Å². The SMILES string of the molecule is Cc1c(CNC(=O)c2cncc(Cl)n2)cccc1[N+](=O)[O-]. The molecule has 108 valence electrons. The van der Waals surface area contributed by atoms with E-state index in [-0.39, 0.29) is 23.1 Å². The Balaban J connectivity index is 2.12. The average molecular weight is 307 g/mol. The molecule has 1 aromatic carbocycles. The smallest absolute Gasteiger partial charge is 0.272 e. The third-order valence-electron chi connectivity index (χ3n) is 2.89. The molecule has 0 saturated heterocycles. The van der Waals surface area contributed by atoms with E-state index in [1.54, 1.807) is 19.1 Å². The number of amides is 1. The van der Waals surface area contributed by atoms with E-state index < -0.39 is 10.8 Å². The predicted octanol–water partition coefficient (Wildman–Crippen LogP) is 2.28. The number of halogens is 1. The van der Waals surface area contributed by atoms with Crippen LogP contribution in [0.5, 0.6) is 0 Å². The third kappa shape index (κ3) is 3.51. The molecule has 1 aromatic heterocycles. The van der Waals surface area contributed by atoms with Crippen molar-refractivity contribution >= 4 is 23.2 Å². The molecule has 1 heterocycles. The van der Waals surface area contributed by atoms with Gasteiger partial charge in [0.05, 0.1) is 17.3 Å². The summed E-state index contributed by atoms with van der Waals surface area (Å²) in [5, 5.41) is 13.6. The Labute approximate surface area is 125 Å². The topological polar surface area (TPSA) is 98.0 Å². The van der Waals surface area contributed by atoms with E-state index in [2.05, 4.69) is 15.3 Å². The number of hydrogen-bond donors (Lipinski definition) is 1. The van der Waals surface area contributed by atoms with Gasteiger partial charge in [-0.1, -0.05) is 23.7 Å². The molecule has 7 nitrogen and oxygen atoms in total. The van der Waals surface area contributed by atoms with Crippen molar-refractivity contribution in [2.24, 2.45) is 0 Å². The van der Waals surface area contributed by atoms with Gasteiger partial charge in [0.15, 0.2) is 0 Å². The fraction of sp³-hybridized carbons (Fsp3) is 0.154. The maximum atomic E-state index is 11.9. The molecule has 0 saturated carbocycles. The first-order valence-corrected chi connectivity index (χ1v) is 6.35. The Morgan fingerprint density at radius 3 is 2.86 bits per heavy atom. The Bertz CT molecular complexity index is 706. The Morgan fingerprint density at radius 2 is 2.19 bits per heavy atom. The Morgan fingerprint density at radius 1 is 1.43 bits per heavy atom. The zero-order valence-corrected chi connectivity index (χ0v) is 11.8. The van der Waals surface area contributed by atoms with Gasteiger partial charge in [-0.2, -0.15) is 0 Å². The summed E-state index contributed by atoms with van der Waals surface area (Å²) in [6, 6.07) is 4.71. The van der Waals surface area contributed by atoms with Gasteiger partial charge in [-0.05, 0) is 12.5 Å². The first-order chi connectivity index (χ1) is 9.99. The van der Waals surface area contributed by atoms with Gasteiger partial charge < -0.3 is 5.32 Å². The van der Waals surface area contributed by atoms with Crippen molar-refractivity contribution in [3.8, 4) is 0 Å². The van der Waals surface area contributed by atoms with Crippen LogP contribution in [0.1, 0.15) is 21.6 Å². The average Bonchev–Trinajstić information content (AvgIpc) is 2.45. The number of rotatable bonds is 4. The van der Waals surface area contributed by atoms with Crippen LogP contribution >= 0.6 is 11.6 Å². The van der Waals surface area contributed by atoms with Gasteiger partial charge in [0.2, 0.25) is 0 Å². The van der Waals surface area contributed by atoms with E-state index in [1.807, 2.05) is 0 Å². The standard InChI is InChI=1S/C13H11ClN4O3/c1-8-9(3-2-4-11(8)18(20)21)5-16-13(19)10-6-15-7-12(14)17-10/h2-4,6-7H,5H2,1H3,(H,16,19). The summed E-state index contributed by atoms with van der Waals surface area (Å²) >= 11 is 5.66. The fourth-order valence-corrected chi connectivity index (χ4v) is 1.92. The molecule has 0 unspecified atom stereocenters. The molecule has 8 heteroatoms. The highest BCUT2D eigenvalue weighted by atomic mass is 35.5. The van der Waals surface area contributed by atoms with Crippen LogP contribution in [0.4, 0.5) is 5.69 Å². The number of hydrogen-bond acceptors (Lipinski definition) is 5. The summed E-state index contributed by atoms with van der Waals surface area (Å²) < 4.78 is 0. The van der Waals surface area contributed by atoms with Crippen LogP contribution in [0.3, 0.4) is 0 Å². The number of aromatic nitrogens is 2. The lowest BCUT2D eigenvalue weighted by atomic mass is 10.1. The highest BCUT2D eigenvalue weighted by Crippen LogP contribution is 2.20. The second-order valence-corrected chi connectivity index (χ2v) is 4.62.